The lowest BCUT2D eigenvalue weighted by atomic mass is 10.0. The van der Waals surface area contributed by atoms with Gasteiger partial charge in [0.05, 0.1) is 5.69 Å². The Bertz CT molecular complexity index is 819. The molecule has 0 unspecified atom stereocenters. The van der Waals surface area contributed by atoms with Gasteiger partial charge in [0.1, 0.15) is 12.1 Å². The van der Waals surface area contributed by atoms with Gasteiger partial charge in [0.2, 0.25) is 0 Å². The van der Waals surface area contributed by atoms with Crippen LogP contribution < -0.4 is 10.2 Å². The van der Waals surface area contributed by atoms with Crippen LogP contribution in [0.3, 0.4) is 0 Å². The van der Waals surface area contributed by atoms with Crippen molar-refractivity contribution in [2.45, 2.75) is 13.8 Å². The van der Waals surface area contributed by atoms with E-state index in [4.69, 9.17) is 0 Å². The number of fused-ring (bicyclic) bond motifs is 1. The number of aromatic nitrogens is 6. The van der Waals surface area contributed by atoms with E-state index in [2.05, 4.69) is 35.5 Å². The molecule has 3 aromatic rings. The molecule has 23 heavy (non-hydrogen) atoms. The van der Waals surface area contributed by atoms with E-state index in [0.717, 1.165) is 42.7 Å². The molecule has 3 aromatic heterocycles. The first kappa shape index (κ1) is 13.9. The lowest BCUT2D eigenvalue weighted by Crippen LogP contribution is -2.50. The summed E-state index contributed by atoms with van der Waals surface area (Å²) in [7, 11) is 0. The van der Waals surface area contributed by atoms with E-state index in [1.165, 1.54) is 6.33 Å². The molecule has 0 atom stereocenters. The molecule has 0 radical (unpaired) electrons. The van der Waals surface area contributed by atoms with Gasteiger partial charge in [-0.05, 0) is 26.0 Å². The highest BCUT2D eigenvalue weighted by Crippen LogP contribution is 2.22. The number of aryl methyl sites for hydroxylation is 2. The van der Waals surface area contributed by atoms with Gasteiger partial charge in [-0.15, -0.1) is 5.10 Å². The Morgan fingerprint density at radius 1 is 1.17 bits per heavy atom. The van der Waals surface area contributed by atoms with Crippen molar-refractivity contribution in [3.63, 3.8) is 0 Å². The molecule has 0 aromatic carbocycles. The molecule has 4 heterocycles. The van der Waals surface area contributed by atoms with Crippen LogP contribution in [0.25, 0.3) is 5.78 Å². The zero-order valence-corrected chi connectivity index (χ0v) is 13.1. The molecule has 1 fully saturated rings. The molecule has 4 rings (SSSR count). The van der Waals surface area contributed by atoms with Crippen molar-refractivity contribution >= 4 is 17.4 Å². The Labute approximate surface area is 133 Å². The van der Waals surface area contributed by atoms with E-state index in [9.17, 15) is 0 Å². The lowest BCUT2D eigenvalue weighted by molar-refractivity contribution is 0.424. The summed E-state index contributed by atoms with van der Waals surface area (Å²) in [6.45, 7) is 6.75. The van der Waals surface area contributed by atoms with E-state index in [1.54, 1.807) is 4.52 Å². The Hall–Kier alpha value is -2.77. The predicted molar refractivity (Wildman–Crippen MR) is 86.5 cm³/mol. The smallest absolute Gasteiger partial charge is 0.254 e. The van der Waals surface area contributed by atoms with E-state index in [-0.39, 0.29) is 0 Å². The van der Waals surface area contributed by atoms with Crippen molar-refractivity contribution in [3.05, 3.63) is 35.9 Å². The predicted octanol–water partition coefficient (Wildman–Crippen LogP) is 1.08. The maximum Gasteiger partial charge on any atom is 0.254 e. The minimum Gasteiger partial charge on any atom is -0.369 e. The fourth-order valence-electron chi connectivity index (χ4n) is 2.75. The van der Waals surface area contributed by atoms with Gasteiger partial charge in [0.15, 0.2) is 5.82 Å². The number of nitrogens with zero attached hydrogens (tertiary/aromatic N) is 7. The summed E-state index contributed by atoms with van der Waals surface area (Å²) < 4.78 is 1.73. The van der Waals surface area contributed by atoms with E-state index < -0.39 is 0 Å². The second kappa shape index (κ2) is 5.45. The molecule has 8 heteroatoms. The maximum atomic E-state index is 4.34. The average molecular weight is 310 g/mol. The highest BCUT2D eigenvalue weighted by Gasteiger charge is 2.27. The molecule has 0 saturated carbocycles. The molecule has 0 bridgehead atoms. The number of hydrogen-bond acceptors (Lipinski definition) is 7. The summed E-state index contributed by atoms with van der Waals surface area (Å²) in [5.41, 5.74) is 1.87. The highest BCUT2D eigenvalue weighted by molar-refractivity contribution is 5.45. The van der Waals surface area contributed by atoms with E-state index >= 15 is 0 Å². The van der Waals surface area contributed by atoms with Crippen molar-refractivity contribution in [3.8, 4) is 0 Å². The molecule has 0 spiro atoms. The topological polar surface area (TPSA) is 84.1 Å². The molecule has 118 valence electrons. The van der Waals surface area contributed by atoms with Crippen molar-refractivity contribution < 1.29 is 0 Å². The SMILES string of the molecule is Cc1ccc(N2CC(CNc3cc(C)nc4ncnn34)C2)nn1. The third kappa shape index (κ3) is 2.67. The number of rotatable bonds is 4. The van der Waals surface area contributed by atoms with Crippen LogP contribution in [-0.4, -0.2) is 49.4 Å². The van der Waals surface area contributed by atoms with Crippen LogP contribution >= 0.6 is 0 Å². The van der Waals surface area contributed by atoms with Gasteiger partial charge in [-0.1, -0.05) is 0 Å². The summed E-state index contributed by atoms with van der Waals surface area (Å²) in [5.74, 6) is 3.08. The van der Waals surface area contributed by atoms with Crippen LogP contribution in [0.1, 0.15) is 11.4 Å². The molecule has 1 aliphatic heterocycles. The van der Waals surface area contributed by atoms with Gasteiger partial charge < -0.3 is 10.2 Å². The Kier molecular flexibility index (Phi) is 3.29. The van der Waals surface area contributed by atoms with E-state index in [1.807, 2.05) is 32.0 Å². The van der Waals surface area contributed by atoms with Crippen molar-refractivity contribution in [1.82, 2.24) is 29.8 Å². The monoisotopic (exact) mass is 310 g/mol. The van der Waals surface area contributed by atoms with Gasteiger partial charge in [-0.3, -0.25) is 0 Å². The average Bonchev–Trinajstić information content (AvgIpc) is 2.95. The normalized spacial score (nSPS) is 15.0. The standard InChI is InChI=1S/C15H18N8/c1-10-3-4-13(21-20-10)22-7-12(8-22)6-16-14-5-11(2)19-15-17-9-18-23(14)15/h3-5,9,12,16H,6-8H2,1-2H3. The van der Waals surface area contributed by atoms with Crippen molar-refractivity contribution in [1.29, 1.82) is 0 Å². The Morgan fingerprint density at radius 2 is 2.04 bits per heavy atom. The fraction of sp³-hybridized carbons (Fsp3) is 0.400. The number of nitrogens with one attached hydrogen (secondary N) is 1. The van der Waals surface area contributed by atoms with Gasteiger partial charge in [-0.2, -0.15) is 19.7 Å². The molecular weight excluding hydrogens is 292 g/mol. The maximum absolute atomic E-state index is 4.34. The van der Waals surface area contributed by atoms with Crippen molar-refractivity contribution in [2.75, 3.05) is 29.9 Å². The van der Waals surface area contributed by atoms with Crippen LogP contribution in [0.2, 0.25) is 0 Å². The molecule has 0 amide bonds. The third-order valence-electron chi connectivity index (χ3n) is 4.02. The largest absolute Gasteiger partial charge is 0.369 e. The number of anilines is 2. The van der Waals surface area contributed by atoms with Gasteiger partial charge in [0, 0.05) is 37.3 Å². The summed E-state index contributed by atoms with van der Waals surface area (Å²) in [6, 6.07) is 6.01. The van der Waals surface area contributed by atoms with Gasteiger partial charge in [0.25, 0.3) is 5.78 Å². The zero-order valence-electron chi connectivity index (χ0n) is 13.1. The molecular formula is C15H18N8. The van der Waals surface area contributed by atoms with Crippen LogP contribution in [0.4, 0.5) is 11.6 Å². The summed E-state index contributed by atoms with van der Waals surface area (Å²) in [4.78, 5) is 10.7. The fourth-order valence-corrected chi connectivity index (χ4v) is 2.75. The quantitative estimate of drug-likeness (QED) is 0.772. The Balaban J connectivity index is 1.37. The minimum atomic E-state index is 0.574. The van der Waals surface area contributed by atoms with Gasteiger partial charge in [-0.25, -0.2) is 4.98 Å². The molecule has 1 saturated heterocycles. The van der Waals surface area contributed by atoms with Crippen LogP contribution in [0, 0.1) is 19.8 Å². The second-order valence-electron chi connectivity index (χ2n) is 5.94. The summed E-state index contributed by atoms with van der Waals surface area (Å²) in [6.07, 6.45) is 1.52. The lowest BCUT2D eigenvalue weighted by Gasteiger charge is -2.40. The first-order valence-electron chi connectivity index (χ1n) is 7.65. The molecule has 8 nitrogen and oxygen atoms in total. The molecule has 1 N–H and O–H groups in total. The number of hydrogen-bond donors (Lipinski definition) is 1. The van der Waals surface area contributed by atoms with Gasteiger partial charge >= 0.3 is 0 Å². The first-order chi connectivity index (χ1) is 11.2. The van der Waals surface area contributed by atoms with Crippen molar-refractivity contribution in [2.24, 2.45) is 5.92 Å². The molecule has 0 aliphatic carbocycles. The van der Waals surface area contributed by atoms with Crippen LogP contribution in [-0.2, 0) is 0 Å². The Morgan fingerprint density at radius 3 is 2.83 bits per heavy atom. The zero-order chi connectivity index (χ0) is 15.8. The van der Waals surface area contributed by atoms with Crippen LogP contribution in [0.5, 0.6) is 0 Å². The third-order valence-corrected chi connectivity index (χ3v) is 4.02. The minimum absolute atomic E-state index is 0.574. The second-order valence-corrected chi connectivity index (χ2v) is 5.94. The van der Waals surface area contributed by atoms with Crippen LogP contribution in [0.15, 0.2) is 24.5 Å². The van der Waals surface area contributed by atoms with E-state index in [0.29, 0.717) is 11.7 Å². The molecule has 1 aliphatic rings. The summed E-state index contributed by atoms with van der Waals surface area (Å²) >= 11 is 0. The highest BCUT2D eigenvalue weighted by atomic mass is 15.4. The first-order valence-corrected chi connectivity index (χ1v) is 7.65. The summed E-state index contributed by atoms with van der Waals surface area (Å²) in [5, 5.41) is 16.0.